The number of carboxylic acid groups (broad SMARTS) is 1. The summed E-state index contributed by atoms with van der Waals surface area (Å²) in [5.74, 6) is 1.52. The molecule has 0 aromatic carbocycles. The van der Waals surface area contributed by atoms with Gasteiger partial charge in [0.2, 0.25) is 5.88 Å². The first kappa shape index (κ1) is 33.4. The van der Waals surface area contributed by atoms with Crippen LogP contribution < -0.4 is 9.64 Å². The maximum absolute atomic E-state index is 12.0. The molecule has 0 aliphatic carbocycles. The van der Waals surface area contributed by atoms with Gasteiger partial charge in [0.05, 0.1) is 13.3 Å². The highest BCUT2D eigenvalue weighted by atomic mass is 28.3. The Hall–Kier alpha value is -3.01. The first-order chi connectivity index (χ1) is 21.3. The van der Waals surface area contributed by atoms with E-state index in [1.165, 1.54) is 0 Å². The third-order valence-electron chi connectivity index (χ3n) is 8.91. The van der Waals surface area contributed by atoms with Gasteiger partial charge in [-0.1, -0.05) is 39.3 Å². The molecule has 13 heteroatoms. The lowest BCUT2D eigenvalue weighted by atomic mass is 9.88. The smallest absolute Gasteiger partial charge is 0.407 e. The van der Waals surface area contributed by atoms with Crippen LogP contribution >= 0.6 is 0 Å². The van der Waals surface area contributed by atoms with Crippen LogP contribution in [0.15, 0.2) is 30.6 Å². The summed E-state index contributed by atoms with van der Waals surface area (Å²) in [6.07, 6.45) is 6.09. The standard InChI is InChI=1S/C32H50N6O5Si2/c1-41-29-18-23(10-11-33-29)27-20-34-38-30(36(21-42-12-14-44(2,3)4)22-43-13-15-45(5,6)7)19-28(35-31(27)38)24-16-25-8-9-26(17-24)37(25)32(39)40/h10-11,18-20,24-26H,8-9,12-17,21-22H2,1-7H3,(H,39,40). The maximum atomic E-state index is 12.0. The highest BCUT2D eigenvalue weighted by molar-refractivity contribution is 6.76. The van der Waals surface area contributed by atoms with E-state index in [4.69, 9.17) is 24.3 Å². The van der Waals surface area contributed by atoms with Crippen molar-refractivity contribution in [3.8, 4) is 17.0 Å². The number of rotatable bonds is 14. The third kappa shape index (κ3) is 8.24. The molecule has 2 aliphatic rings. The van der Waals surface area contributed by atoms with Gasteiger partial charge in [-0.3, -0.25) is 0 Å². The lowest BCUT2D eigenvalue weighted by Gasteiger charge is -2.37. The molecule has 0 saturated carbocycles. The number of aromatic nitrogens is 4. The fourth-order valence-electron chi connectivity index (χ4n) is 6.30. The molecule has 2 bridgehead atoms. The van der Waals surface area contributed by atoms with Crippen LogP contribution in [0.25, 0.3) is 16.8 Å². The Morgan fingerprint density at radius 1 is 1.00 bits per heavy atom. The molecule has 0 spiro atoms. The van der Waals surface area contributed by atoms with E-state index in [1.807, 2.05) is 22.8 Å². The molecule has 2 fully saturated rings. The molecule has 2 saturated heterocycles. The quantitative estimate of drug-likeness (QED) is 0.116. The van der Waals surface area contributed by atoms with E-state index in [0.29, 0.717) is 32.6 Å². The van der Waals surface area contributed by atoms with Crippen LogP contribution in [-0.2, 0) is 9.47 Å². The van der Waals surface area contributed by atoms with Gasteiger partial charge in [0, 0.05) is 77.0 Å². The van der Waals surface area contributed by atoms with Gasteiger partial charge in [0.25, 0.3) is 0 Å². The van der Waals surface area contributed by atoms with Crippen LogP contribution in [0.4, 0.5) is 10.6 Å². The summed E-state index contributed by atoms with van der Waals surface area (Å²) < 4.78 is 19.9. The van der Waals surface area contributed by atoms with Crippen molar-refractivity contribution in [1.82, 2.24) is 24.5 Å². The number of hydrogen-bond donors (Lipinski definition) is 1. The zero-order valence-corrected chi connectivity index (χ0v) is 30.0. The molecule has 45 heavy (non-hydrogen) atoms. The van der Waals surface area contributed by atoms with Crippen molar-refractivity contribution in [2.24, 2.45) is 0 Å². The number of nitrogens with zero attached hydrogens (tertiary/aromatic N) is 6. The van der Waals surface area contributed by atoms with Crippen LogP contribution in [0.1, 0.15) is 37.3 Å². The molecule has 1 N–H and O–H groups in total. The second-order valence-corrected chi connectivity index (χ2v) is 26.1. The SMILES string of the molecule is COc1cc(-c2cnn3c(N(COCC[Si](C)(C)C)COCC[Si](C)(C)C)cc(C4CC5CCC(C4)N5C(=O)O)nc23)ccn1. The van der Waals surface area contributed by atoms with Gasteiger partial charge in [-0.25, -0.2) is 14.8 Å². The predicted octanol–water partition coefficient (Wildman–Crippen LogP) is 6.62. The zero-order chi connectivity index (χ0) is 32.4. The summed E-state index contributed by atoms with van der Waals surface area (Å²) in [5, 5.41) is 14.7. The second-order valence-electron chi connectivity index (χ2n) is 14.9. The van der Waals surface area contributed by atoms with Gasteiger partial charge in [0.1, 0.15) is 19.3 Å². The molecule has 1 amide bonds. The summed E-state index contributed by atoms with van der Waals surface area (Å²) in [6, 6.07) is 8.16. The molecule has 3 aromatic rings. The van der Waals surface area contributed by atoms with Gasteiger partial charge >= 0.3 is 6.09 Å². The van der Waals surface area contributed by atoms with Crippen molar-refractivity contribution in [2.75, 3.05) is 38.7 Å². The van der Waals surface area contributed by atoms with Crippen molar-refractivity contribution in [2.45, 2.75) is 95.1 Å². The van der Waals surface area contributed by atoms with Crippen molar-refractivity contribution in [3.05, 3.63) is 36.3 Å². The number of amides is 1. The number of hydrogen-bond acceptors (Lipinski definition) is 8. The lowest BCUT2D eigenvalue weighted by molar-refractivity contribution is 0.0934. The van der Waals surface area contributed by atoms with Crippen LogP contribution in [0, 0.1) is 0 Å². The Morgan fingerprint density at radius 3 is 2.18 bits per heavy atom. The number of piperidine rings is 1. The summed E-state index contributed by atoms with van der Waals surface area (Å²) in [4.78, 5) is 25.3. The summed E-state index contributed by atoms with van der Waals surface area (Å²) in [7, 11) is -0.908. The van der Waals surface area contributed by atoms with E-state index < -0.39 is 22.2 Å². The molecular formula is C32H50N6O5Si2. The largest absolute Gasteiger partial charge is 0.481 e. The summed E-state index contributed by atoms with van der Waals surface area (Å²) >= 11 is 0. The molecule has 2 atom stereocenters. The molecular weight excluding hydrogens is 605 g/mol. The van der Waals surface area contributed by atoms with E-state index >= 15 is 0 Å². The maximum Gasteiger partial charge on any atom is 0.407 e. The Bertz CT molecular complexity index is 1440. The van der Waals surface area contributed by atoms with Gasteiger partial charge < -0.3 is 29.1 Å². The van der Waals surface area contributed by atoms with Crippen LogP contribution in [-0.4, -0.2) is 97.7 Å². The number of pyridine rings is 1. The highest BCUT2D eigenvalue weighted by Crippen LogP contribution is 2.43. The minimum atomic E-state index is -1.26. The van der Waals surface area contributed by atoms with E-state index in [9.17, 15) is 9.90 Å². The minimum Gasteiger partial charge on any atom is -0.481 e. The Kier molecular flexibility index (Phi) is 10.2. The summed E-state index contributed by atoms with van der Waals surface area (Å²) in [6.45, 7) is 16.3. The fourth-order valence-corrected chi connectivity index (χ4v) is 7.81. The lowest BCUT2D eigenvalue weighted by Crippen LogP contribution is -2.45. The van der Waals surface area contributed by atoms with Crippen molar-refractivity contribution in [3.63, 3.8) is 0 Å². The zero-order valence-electron chi connectivity index (χ0n) is 28.0. The topological polar surface area (TPSA) is 115 Å². The molecule has 0 radical (unpaired) electrons. The first-order valence-electron chi connectivity index (χ1n) is 16.1. The molecule has 3 aromatic heterocycles. The molecule has 246 valence electrons. The van der Waals surface area contributed by atoms with Crippen LogP contribution in [0.2, 0.25) is 51.4 Å². The fraction of sp³-hybridized carbons (Fsp3) is 0.625. The van der Waals surface area contributed by atoms with Gasteiger partial charge in [0.15, 0.2) is 5.65 Å². The van der Waals surface area contributed by atoms with E-state index in [2.05, 4.69) is 55.2 Å². The third-order valence-corrected chi connectivity index (χ3v) is 12.3. The highest BCUT2D eigenvalue weighted by Gasteiger charge is 2.44. The number of ether oxygens (including phenoxy) is 3. The normalized spacial score (nSPS) is 20.2. The molecule has 5 rings (SSSR count). The average molecular weight is 655 g/mol. The van der Waals surface area contributed by atoms with Crippen LogP contribution in [0.5, 0.6) is 5.88 Å². The van der Waals surface area contributed by atoms with Gasteiger partial charge in [-0.2, -0.15) is 9.61 Å². The van der Waals surface area contributed by atoms with Crippen molar-refractivity contribution < 1.29 is 24.1 Å². The van der Waals surface area contributed by atoms with Crippen LogP contribution in [0.3, 0.4) is 0 Å². The van der Waals surface area contributed by atoms with Gasteiger partial charge in [-0.15, -0.1) is 0 Å². The Labute approximate surface area is 268 Å². The minimum absolute atomic E-state index is 0.0208. The monoisotopic (exact) mass is 654 g/mol. The first-order valence-corrected chi connectivity index (χ1v) is 23.6. The number of methoxy groups -OCH3 is 1. The van der Waals surface area contributed by atoms with Crippen molar-refractivity contribution >= 4 is 33.7 Å². The van der Waals surface area contributed by atoms with Gasteiger partial charge in [-0.05, 0) is 49.4 Å². The molecule has 2 unspecified atom stereocenters. The second kappa shape index (κ2) is 13.8. The van der Waals surface area contributed by atoms with Crippen molar-refractivity contribution in [1.29, 1.82) is 0 Å². The Morgan fingerprint density at radius 2 is 1.62 bits per heavy atom. The Balaban J connectivity index is 1.53. The molecule has 2 aliphatic heterocycles. The average Bonchev–Trinajstić information content (AvgIpc) is 3.53. The van der Waals surface area contributed by atoms with E-state index in [1.54, 1.807) is 18.2 Å². The van der Waals surface area contributed by atoms with E-state index in [-0.39, 0.29) is 18.0 Å². The van der Waals surface area contributed by atoms with E-state index in [0.717, 1.165) is 66.1 Å². The molecule has 11 nitrogen and oxygen atoms in total. The number of fused-ring (bicyclic) bond motifs is 3. The predicted molar refractivity (Wildman–Crippen MR) is 182 cm³/mol. The number of carbonyl (C=O) groups is 1. The summed E-state index contributed by atoms with van der Waals surface area (Å²) in [5.41, 5.74) is 3.48. The number of anilines is 1. The molecule has 5 heterocycles.